The summed E-state index contributed by atoms with van der Waals surface area (Å²) in [5.41, 5.74) is -0.348. The summed E-state index contributed by atoms with van der Waals surface area (Å²) < 4.78 is 57.1. The van der Waals surface area contributed by atoms with Crippen molar-refractivity contribution in [2.75, 3.05) is 26.3 Å². The van der Waals surface area contributed by atoms with E-state index in [4.69, 9.17) is 14.2 Å². The molecule has 39 heavy (non-hydrogen) atoms. The quantitative estimate of drug-likeness (QED) is 0.252. The minimum Gasteiger partial charge on any atom is -0.482 e. The number of ketones is 1. The van der Waals surface area contributed by atoms with Gasteiger partial charge in [0.25, 0.3) is 0 Å². The second-order valence-corrected chi connectivity index (χ2v) is 9.68. The molecule has 12 heteroatoms. The first-order valence-electron chi connectivity index (χ1n) is 12.9. The van der Waals surface area contributed by atoms with Crippen LogP contribution in [0.25, 0.3) is 0 Å². The van der Waals surface area contributed by atoms with Gasteiger partial charge < -0.3 is 24.4 Å². The van der Waals surface area contributed by atoms with E-state index in [-0.39, 0.29) is 24.8 Å². The van der Waals surface area contributed by atoms with Crippen LogP contribution in [0, 0.1) is 30.3 Å². The van der Waals surface area contributed by atoms with Crippen LogP contribution in [0.3, 0.4) is 0 Å². The second-order valence-electron chi connectivity index (χ2n) is 9.68. The molecular formula is C27H33F3N2O7. The van der Waals surface area contributed by atoms with Gasteiger partial charge in [-0.05, 0) is 45.4 Å². The summed E-state index contributed by atoms with van der Waals surface area (Å²) in [5, 5.41) is 2.50. The van der Waals surface area contributed by atoms with Gasteiger partial charge in [0, 0.05) is 24.7 Å². The zero-order chi connectivity index (χ0) is 28.5. The summed E-state index contributed by atoms with van der Waals surface area (Å²) in [6.45, 7) is 4.07. The summed E-state index contributed by atoms with van der Waals surface area (Å²) in [7, 11) is 0. The number of piperidine rings is 1. The molecule has 2 aliphatic rings. The summed E-state index contributed by atoms with van der Waals surface area (Å²) in [6.07, 6.45) is 4.71. The lowest BCUT2D eigenvalue weighted by Crippen LogP contribution is -2.51. The van der Waals surface area contributed by atoms with Gasteiger partial charge in [0.15, 0.2) is 17.3 Å². The monoisotopic (exact) mass is 554 g/mol. The van der Waals surface area contributed by atoms with Crippen molar-refractivity contribution in [1.29, 1.82) is 0 Å². The first kappa shape index (κ1) is 30.0. The maximum Gasteiger partial charge on any atom is 0.410 e. The number of hydrogen-bond acceptors (Lipinski definition) is 7. The number of likely N-dealkylation sites (tertiary alicyclic amines) is 1. The van der Waals surface area contributed by atoms with Crippen molar-refractivity contribution in [3.05, 3.63) is 41.7 Å². The van der Waals surface area contributed by atoms with Crippen LogP contribution in [0.1, 0.15) is 50.5 Å². The van der Waals surface area contributed by atoms with Crippen molar-refractivity contribution in [2.45, 2.75) is 64.0 Å². The van der Waals surface area contributed by atoms with E-state index in [1.54, 1.807) is 0 Å². The van der Waals surface area contributed by atoms with Crippen LogP contribution < -0.4 is 10.1 Å². The Morgan fingerprint density at radius 2 is 1.85 bits per heavy atom. The van der Waals surface area contributed by atoms with Crippen LogP contribution >= 0.6 is 0 Å². The maximum absolute atomic E-state index is 14.2. The van der Waals surface area contributed by atoms with Gasteiger partial charge in [0.05, 0.1) is 12.3 Å². The predicted octanol–water partition coefficient (Wildman–Crippen LogP) is 3.76. The molecule has 1 aliphatic heterocycles. The molecule has 1 saturated heterocycles. The fraction of sp³-hybridized carbons (Fsp3) is 0.556. The normalized spacial score (nSPS) is 18.3. The van der Waals surface area contributed by atoms with Crippen molar-refractivity contribution in [3.63, 3.8) is 0 Å². The molecule has 1 aromatic rings. The molecule has 2 fully saturated rings. The third kappa shape index (κ3) is 8.21. The Balaban J connectivity index is 1.66. The molecule has 3 rings (SSSR count). The van der Waals surface area contributed by atoms with Crippen LogP contribution in [-0.2, 0) is 23.9 Å². The Morgan fingerprint density at radius 3 is 2.54 bits per heavy atom. The van der Waals surface area contributed by atoms with Crippen molar-refractivity contribution >= 4 is 23.8 Å². The Bertz CT molecular complexity index is 1070. The van der Waals surface area contributed by atoms with Gasteiger partial charge in [-0.15, -0.1) is 0 Å². The van der Waals surface area contributed by atoms with Crippen molar-refractivity contribution in [2.24, 2.45) is 5.92 Å². The van der Waals surface area contributed by atoms with E-state index >= 15 is 0 Å². The van der Waals surface area contributed by atoms with Gasteiger partial charge in [-0.2, -0.15) is 4.39 Å². The van der Waals surface area contributed by atoms with E-state index in [0.717, 1.165) is 32.6 Å². The van der Waals surface area contributed by atoms with E-state index < -0.39 is 71.9 Å². The third-order valence-corrected chi connectivity index (χ3v) is 6.78. The number of hydrogen-bond donors (Lipinski definition) is 1. The van der Waals surface area contributed by atoms with Gasteiger partial charge in [-0.1, -0.05) is 12.7 Å². The van der Waals surface area contributed by atoms with E-state index in [9.17, 15) is 32.3 Å². The lowest BCUT2D eigenvalue weighted by atomic mass is 9.96. The number of Topliss-reactive ketones (excluding diaryl/α,β-unsaturated/α-hetero) is 1. The zero-order valence-corrected chi connectivity index (χ0v) is 21.8. The average molecular weight is 555 g/mol. The van der Waals surface area contributed by atoms with E-state index in [2.05, 4.69) is 11.9 Å². The highest BCUT2D eigenvalue weighted by molar-refractivity contribution is 5.93. The summed E-state index contributed by atoms with van der Waals surface area (Å²) in [5.74, 6) is -7.75. The topological polar surface area (TPSA) is 111 Å². The molecule has 0 radical (unpaired) electrons. The molecule has 1 aromatic carbocycles. The highest BCUT2D eigenvalue weighted by Crippen LogP contribution is 2.27. The molecular weight excluding hydrogens is 521 g/mol. The lowest BCUT2D eigenvalue weighted by Gasteiger charge is -2.32. The molecule has 1 aliphatic carbocycles. The third-order valence-electron chi connectivity index (χ3n) is 6.78. The molecule has 9 nitrogen and oxygen atoms in total. The predicted molar refractivity (Wildman–Crippen MR) is 132 cm³/mol. The van der Waals surface area contributed by atoms with Crippen LogP contribution in [0.4, 0.5) is 18.0 Å². The largest absolute Gasteiger partial charge is 0.482 e. The SMILES string of the molecule is C=CCOC(=O)C[C@H](NC(=O)[C@@H]1CCCN(C(=O)OC2CCCC2)C1)C(=O)COc1c(C)c(F)cc(F)c1F. The molecule has 0 bridgehead atoms. The van der Waals surface area contributed by atoms with Gasteiger partial charge >= 0.3 is 12.1 Å². The molecule has 1 saturated carbocycles. The fourth-order valence-corrected chi connectivity index (χ4v) is 4.57. The number of rotatable bonds is 11. The second kappa shape index (κ2) is 14.0. The number of nitrogens with zero attached hydrogens (tertiary/aromatic N) is 1. The summed E-state index contributed by atoms with van der Waals surface area (Å²) in [4.78, 5) is 52.3. The van der Waals surface area contributed by atoms with Gasteiger partial charge in [0.2, 0.25) is 11.7 Å². The molecule has 2 atom stereocenters. The van der Waals surface area contributed by atoms with Crippen molar-refractivity contribution in [1.82, 2.24) is 10.2 Å². The number of carbonyl (C=O) groups excluding carboxylic acids is 4. The number of amides is 2. The number of carbonyl (C=O) groups is 4. The number of halogens is 3. The standard InChI is InChI=1S/C27H33F3N2O7/c1-3-11-37-23(34)13-21(22(33)15-38-25-16(2)19(28)12-20(29)24(25)30)31-26(35)17-7-6-10-32(14-17)27(36)39-18-8-4-5-9-18/h3,12,17-18,21H,1,4-11,13-15H2,2H3,(H,31,35)/t17-,21+/m1/s1. The maximum atomic E-state index is 14.2. The Hall–Kier alpha value is -3.57. The van der Waals surface area contributed by atoms with Crippen LogP contribution in [-0.4, -0.2) is 67.1 Å². The summed E-state index contributed by atoms with van der Waals surface area (Å²) >= 11 is 0. The van der Waals surface area contributed by atoms with Gasteiger partial charge in [0.1, 0.15) is 31.2 Å². The molecule has 2 amide bonds. The molecule has 214 valence electrons. The number of ether oxygens (including phenoxy) is 3. The molecule has 1 N–H and O–H groups in total. The minimum atomic E-state index is -1.49. The Labute approximate surface area is 224 Å². The van der Waals surface area contributed by atoms with Gasteiger partial charge in [-0.25, -0.2) is 13.6 Å². The smallest absolute Gasteiger partial charge is 0.410 e. The minimum absolute atomic E-state index is 0.0721. The van der Waals surface area contributed by atoms with E-state index in [1.165, 1.54) is 11.0 Å². The highest BCUT2D eigenvalue weighted by atomic mass is 19.2. The summed E-state index contributed by atoms with van der Waals surface area (Å²) in [6, 6.07) is -1.08. The van der Waals surface area contributed by atoms with Gasteiger partial charge in [-0.3, -0.25) is 14.4 Å². The van der Waals surface area contributed by atoms with Crippen molar-refractivity contribution < 1.29 is 46.6 Å². The fourth-order valence-electron chi connectivity index (χ4n) is 4.57. The van der Waals surface area contributed by atoms with E-state index in [0.29, 0.717) is 25.5 Å². The molecule has 0 spiro atoms. The number of esters is 1. The first-order valence-corrected chi connectivity index (χ1v) is 12.9. The van der Waals surface area contributed by atoms with Crippen LogP contribution in [0.5, 0.6) is 5.75 Å². The molecule has 1 heterocycles. The lowest BCUT2D eigenvalue weighted by molar-refractivity contribution is -0.145. The van der Waals surface area contributed by atoms with Crippen molar-refractivity contribution in [3.8, 4) is 5.75 Å². The number of benzene rings is 1. The highest BCUT2D eigenvalue weighted by Gasteiger charge is 2.34. The number of nitrogens with one attached hydrogen (secondary N) is 1. The Kier molecular flexibility index (Phi) is 10.8. The van der Waals surface area contributed by atoms with Crippen LogP contribution in [0.15, 0.2) is 18.7 Å². The average Bonchev–Trinajstić information content (AvgIpc) is 3.43. The van der Waals surface area contributed by atoms with E-state index in [1.807, 2.05) is 0 Å². The molecule has 0 unspecified atom stereocenters. The van der Waals surface area contributed by atoms with Crippen LogP contribution in [0.2, 0.25) is 0 Å². The first-order chi connectivity index (χ1) is 18.6. The molecule has 0 aromatic heterocycles. The zero-order valence-electron chi connectivity index (χ0n) is 21.8. The Morgan fingerprint density at radius 1 is 1.13 bits per heavy atom.